The number of unbranched alkanes of at least 4 members (excludes halogenated alkanes) is 1. The Kier molecular flexibility index (Phi) is 8.11. The van der Waals surface area contributed by atoms with Crippen LogP contribution >= 0.6 is 0 Å². The van der Waals surface area contributed by atoms with Crippen molar-refractivity contribution in [3.63, 3.8) is 0 Å². The van der Waals surface area contributed by atoms with Crippen LogP contribution in [0.2, 0.25) is 0 Å². The van der Waals surface area contributed by atoms with Crippen LogP contribution in [0, 0.1) is 23.2 Å². The van der Waals surface area contributed by atoms with E-state index in [0.29, 0.717) is 5.92 Å². The SMILES string of the molecule is CCCCN=NCC(C)CC(C)C#N. The van der Waals surface area contributed by atoms with Crippen LogP contribution in [0.4, 0.5) is 0 Å². The first-order chi connectivity index (χ1) is 6.70. The first kappa shape index (κ1) is 13.1. The maximum Gasteiger partial charge on any atom is 0.0652 e. The summed E-state index contributed by atoms with van der Waals surface area (Å²) in [6.45, 7) is 7.82. The van der Waals surface area contributed by atoms with Crippen LogP contribution in [-0.2, 0) is 0 Å². The Balaban J connectivity index is 3.48. The summed E-state index contributed by atoms with van der Waals surface area (Å²) in [5.74, 6) is 0.603. The van der Waals surface area contributed by atoms with Gasteiger partial charge in [-0.2, -0.15) is 15.5 Å². The molecule has 0 aliphatic heterocycles. The fourth-order valence-electron chi connectivity index (χ4n) is 1.23. The molecule has 0 radical (unpaired) electrons. The van der Waals surface area contributed by atoms with Gasteiger partial charge in [-0.3, -0.25) is 0 Å². The minimum Gasteiger partial charge on any atom is -0.198 e. The van der Waals surface area contributed by atoms with Crippen LogP contribution in [0.15, 0.2) is 10.2 Å². The van der Waals surface area contributed by atoms with Gasteiger partial charge < -0.3 is 0 Å². The van der Waals surface area contributed by atoms with Crippen molar-refractivity contribution in [2.45, 2.75) is 40.0 Å². The van der Waals surface area contributed by atoms with E-state index in [0.717, 1.165) is 25.9 Å². The Morgan fingerprint density at radius 2 is 2.00 bits per heavy atom. The summed E-state index contributed by atoms with van der Waals surface area (Å²) in [7, 11) is 0. The van der Waals surface area contributed by atoms with Gasteiger partial charge in [0.2, 0.25) is 0 Å². The van der Waals surface area contributed by atoms with Gasteiger partial charge in [0, 0.05) is 5.92 Å². The lowest BCUT2D eigenvalue weighted by Crippen LogP contribution is -2.04. The normalized spacial score (nSPS) is 15.3. The van der Waals surface area contributed by atoms with Gasteiger partial charge in [-0.1, -0.05) is 20.3 Å². The Morgan fingerprint density at radius 3 is 2.57 bits per heavy atom. The second kappa shape index (κ2) is 8.68. The fourth-order valence-corrected chi connectivity index (χ4v) is 1.23. The quantitative estimate of drug-likeness (QED) is 0.453. The molecule has 3 heteroatoms. The molecule has 0 fully saturated rings. The van der Waals surface area contributed by atoms with Crippen LogP contribution in [-0.4, -0.2) is 13.1 Å². The highest BCUT2D eigenvalue weighted by atomic mass is 15.1. The molecule has 0 saturated carbocycles. The summed E-state index contributed by atoms with van der Waals surface area (Å²) in [5, 5.41) is 16.8. The van der Waals surface area contributed by atoms with Crippen LogP contribution in [0.25, 0.3) is 0 Å². The predicted molar refractivity (Wildman–Crippen MR) is 58.1 cm³/mol. The number of nitriles is 1. The summed E-state index contributed by atoms with van der Waals surface area (Å²) in [5.41, 5.74) is 0. The van der Waals surface area contributed by atoms with Crippen molar-refractivity contribution < 1.29 is 0 Å². The summed E-state index contributed by atoms with van der Waals surface area (Å²) in [4.78, 5) is 0. The molecule has 14 heavy (non-hydrogen) atoms. The first-order valence-electron chi connectivity index (χ1n) is 5.43. The zero-order chi connectivity index (χ0) is 10.8. The molecule has 2 unspecified atom stereocenters. The van der Waals surface area contributed by atoms with Gasteiger partial charge in [0.05, 0.1) is 19.2 Å². The summed E-state index contributed by atoms with van der Waals surface area (Å²) < 4.78 is 0. The van der Waals surface area contributed by atoms with Crippen molar-refractivity contribution in [3.05, 3.63) is 0 Å². The van der Waals surface area contributed by atoms with E-state index in [-0.39, 0.29) is 5.92 Å². The Morgan fingerprint density at radius 1 is 1.29 bits per heavy atom. The van der Waals surface area contributed by atoms with Crippen molar-refractivity contribution in [2.75, 3.05) is 13.1 Å². The van der Waals surface area contributed by atoms with Gasteiger partial charge >= 0.3 is 0 Å². The third kappa shape index (κ3) is 7.72. The molecule has 0 aliphatic rings. The van der Waals surface area contributed by atoms with E-state index < -0.39 is 0 Å². The molecule has 0 aromatic carbocycles. The van der Waals surface area contributed by atoms with Crippen molar-refractivity contribution in [1.29, 1.82) is 5.26 Å². The van der Waals surface area contributed by atoms with Gasteiger partial charge in [0.1, 0.15) is 0 Å². The van der Waals surface area contributed by atoms with E-state index in [1.165, 1.54) is 6.42 Å². The number of azo groups is 1. The van der Waals surface area contributed by atoms with Crippen molar-refractivity contribution in [2.24, 2.45) is 22.1 Å². The summed E-state index contributed by atoms with van der Waals surface area (Å²) >= 11 is 0. The van der Waals surface area contributed by atoms with Crippen LogP contribution in [0.3, 0.4) is 0 Å². The molecule has 0 heterocycles. The molecule has 0 aromatic heterocycles. The molecule has 3 nitrogen and oxygen atoms in total. The van der Waals surface area contributed by atoms with Crippen molar-refractivity contribution in [3.8, 4) is 6.07 Å². The number of nitrogens with zero attached hydrogens (tertiary/aromatic N) is 3. The van der Waals surface area contributed by atoms with Crippen molar-refractivity contribution >= 4 is 0 Å². The topological polar surface area (TPSA) is 48.5 Å². The molecule has 2 atom stereocenters. The third-order valence-corrected chi connectivity index (χ3v) is 2.08. The van der Waals surface area contributed by atoms with E-state index in [9.17, 15) is 0 Å². The average Bonchev–Trinajstić information content (AvgIpc) is 2.17. The average molecular weight is 195 g/mol. The van der Waals surface area contributed by atoms with Crippen molar-refractivity contribution in [1.82, 2.24) is 0 Å². The monoisotopic (exact) mass is 195 g/mol. The lowest BCUT2D eigenvalue weighted by molar-refractivity contribution is 0.473. The van der Waals surface area contributed by atoms with E-state index in [1.807, 2.05) is 6.92 Å². The largest absolute Gasteiger partial charge is 0.198 e. The Labute approximate surface area is 87.2 Å². The smallest absolute Gasteiger partial charge is 0.0652 e. The Bertz CT molecular complexity index is 193. The zero-order valence-electron chi connectivity index (χ0n) is 9.53. The standard InChI is InChI=1S/C11H21N3/c1-4-5-6-13-14-9-11(3)7-10(2)8-12/h10-11H,4-7,9H2,1-3H3. The lowest BCUT2D eigenvalue weighted by atomic mass is 9.99. The number of rotatable bonds is 7. The minimum atomic E-state index is 0.135. The molecular formula is C11H21N3. The lowest BCUT2D eigenvalue weighted by Gasteiger charge is -2.08. The highest BCUT2D eigenvalue weighted by molar-refractivity contribution is 4.80. The van der Waals surface area contributed by atoms with Crippen LogP contribution in [0.1, 0.15) is 40.0 Å². The van der Waals surface area contributed by atoms with Gasteiger partial charge in [-0.15, -0.1) is 0 Å². The highest BCUT2D eigenvalue weighted by Crippen LogP contribution is 2.11. The molecule has 0 spiro atoms. The van der Waals surface area contributed by atoms with Crippen LogP contribution in [0.5, 0.6) is 0 Å². The van der Waals surface area contributed by atoms with Crippen LogP contribution < -0.4 is 0 Å². The molecule has 0 amide bonds. The zero-order valence-corrected chi connectivity index (χ0v) is 9.53. The predicted octanol–water partition coefficient (Wildman–Crippen LogP) is 3.42. The highest BCUT2D eigenvalue weighted by Gasteiger charge is 2.06. The van der Waals surface area contributed by atoms with Gasteiger partial charge in [-0.05, 0) is 25.7 Å². The molecule has 0 saturated heterocycles. The van der Waals surface area contributed by atoms with E-state index in [1.54, 1.807) is 0 Å². The third-order valence-electron chi connectivity index (χ3n) is 2.08. The molecule has 80 valence electrons. The number of hydrogen-bond acceptors (Lipinski definition) is 3. The molecule has 0 aliphatic carbocycles. The second-order valence-electron chi connectivity index (χ2n) is 3.91. The van der Waals surface area contributed by atoms with E-state index in [2.05, 4.69) is 30.1 Å². The summed E-state index contributed by atoms with van der Waals surface area (Å²) in [6, 6.07) is 2.23. The number of hydrogen-bond donors (Lipinski definition) is 0. The molecule has 0 N–H and O–H groups in total. The van der Waals surface area contributed by atoms with Gasteiger partial charge in [-0.25, -0.2) is 0 Å². The summed E-state index contributed by atoms with van der Waals surface area (Å²) in [6.07, 6.45) is 3.20. The van der Waals surface area contributed by atoms with E-state index >= 15 is 0 Å². The first-order valence-corrected chi connectivity index (χ1v) is 5.43. The molecule has 0 aromatic rings. The molecular weight excluding hydrogens is 174 g/mol. The van der Waals surface area contributed by atoms with Gasteiger partial charge in [0.15, 0.2) is 0 Å². The van der Waals surface area contributed by atoms with E-state index in [4.69, 9.17) is 5.26 Å². The minimum absolute atomic E-state index is 0.135. The maximum atomic E-state index is 8.62. The fraction of sp³-hybridized carbons (Fsp3) is 0.909. The van der Waals surface area contributed by atoms with Gasteiger partial charge in [0.25, 0.3) is 0 Å². The maximum absolute atomic E-state index is 8.62. The Hall–Kier alpha value is -0.910. The molecule has 0 rings (SSSR count). The second-order valence-corrected chi connectivity index (χ2v) is 3.91. The molecule has 0 bridgehead atoms.